The molecule has 1 heterocycles. The van der Waals surface area contributed by atoms with Crippen molar-refractivity contribution in [2.24, 2.45) is 0 Å². The Balaban J connectivity index is 1.88. The SMILES string of the molecule is O=S(=O)(Nc1cccc(S(=O)(=O)N2CCCCC2)c1)c1cccc(Cl)c1. The number of nitrogens with one attached hydrogen (secondary N) is 1. The lowest BCUT2D eigenvalue weighted by Gasteiger charge is -2.26. The Morgan fingerprint density at radius 1 is 0.846 bits per heavy atom. The fourth-order valence-corrected chi connectivity index (χ4v) is 5.74. The zero-order chi connectivity index (χ0) is 18.8. The molecule has 2 aromatic rings. The summed E-state index contributed by atoms with van der Waals surface area (Å²) in [6.07, 6.45) is 2.69. The maximum Gasteiger partial charge on any atom is 0.261 e. The summed E-state index contributed by atoms with van der Waals surface area (Å²) in [7, 11) is -7.50. The summed E-state index contributed by atoms with van der Waals surface area (Å²) in [4.78, 5) is 0.0833. The number of hydrogen-bond acceptors (Lipinski definition) is 4. The number of hydrogen-bond donors (Lipinski definition) is 1. The van der Waals surface area contributed by atoms with Gasteiger partial charge in [0.05, 0.1) is 15.5 Å². The smallest absolute Gasteiger partial charge is 0.261 e. The Bertz CT molecular complexity index is 1000. The van der Waals surface area contributed by atoms with Crippen molar-refractivity contribution in [1.82, 2.24) is 4.31 Å². The lowest BCUT2D eigenvalue weighted by molar-refractivity contribution is 0.346. The third-order valence-corrected chi connectivity index (χ3v) is 7.65. The van der Waals surface area contributed by atoms with Gasteiger partial charge >= 0.3 is 0 Å². The highest BCUT2D eigenvalue weighted by atomic mass is 35.5. The van der Waals surface area contributed by atoms with E-state index in [2.05, 4.69) is 4.72 Å². The Hall–Kier alpha value is -1.61. The van der Waals surface area contributed by atoms with Crippen LogP contribution < -0.4 is 4.72 Å². The number of sulfonamides is 2. The molecule has 1 aliphatic rings. The van der Waals surface area contributed by atoms with Crippen LogP contribution in [0.4, 0.5) is 5.69 Å². The highest BCUT2D eigenvalue weighted by Crippen LogP contribution is 2.25. The molecule has 3 rings (SSSR count). The van der Waals surface area contributed by atoms with Crippen LogP contribution in [0.1, 0.15) is 19.3 Å². The van der Waals surface area contributed by atoms with Gasteiger partial charge in [-0.15, -0.1) is 0 Å². The van der Waals surface area contributed by atoms with Gasteiger partial charge in [-0.05, 0) is 49.2 Å². The topological polar surface area (TPSA) is 83.5 Å². The molecule has 26 heavy (non-hydrogen) atoms. The first-order chi connectivity index (χ1) is 12.3. The molecule has 0 amide bonds. The molecule has 1 N–H and O–H groups in total. The molecule has 0 unspecified atom stereocenters. The van der Waals surface area contributed by atoms with Crippen LogP contribution in [0.25, 0.3) is 0 Å². The minimum absolute atomic E-state index is 0.00860. The Morgan fingerprint density at radius 2 is 1.50 bits per heavy atom. The monoisotopic (exact) mass is 414 g/mol. The number of halogens is 1. The average molecular weight is 415 g/mol. The van der Waals surface area contributed by atoms with E-state index < -0.39 is 20.0 Å². The largest absolute Gasteiger partial charge is 0.280 e. The van der Waals surface area contributed by atoms with Gasteiger partial charge in [-0.2, -0.15) is 4.31 Å². The van der Waals surface area contributed by atoms with E-state index in [1.807, 2.05) is 0 Å². The van der Waals surface area contributed by atoms with Crippen molar-refractivity contribution in [3.63, 3.8) is 0 Å². The first kappa shape index (κ1) is 19.2. The van der Waals surface area contributed by atoms with E-state index in [0.717, 1.165) is 19.3 Å². The maximum absolute atomic E-state index is 12.8. The minimum Gasteiger partial charge on any atom is -0.280 e. The Kier molecular flexibility index (Phi) is 5.57. The molecule has 1 aliphatic heterocycles. The predicted molar refractivity (Wildman–Crippen MR) is 101 cm³/mol. The molecule has 9 heteroatoms. The van der Waals surface area contributed by atoms with E-state index in [-0.39, 0.29) is 15.5 Å². The van der Waals surface area contributed by atoms with Crippen molar-refractivity contribution in [2.75, 3.05) is 17.8 Å². The number of piperidine rings is 1. The second-order valence-corrected chi connectivity index (χ2v) is 10.1. The second kappa shape index (κ2) is 7.56. The van der Waals surface area contributed by atoms with Gasteiger partial charge in [0, 0.05) is 18.1 Å². The van der Waals surface area contributed by atoms with Crippen molar-refractivity contribution in [2.45, 2.75) is 29.1 Å². The number of anilines is 1. The summed E-state index contributed by atoms with van der Waals surface area (Å²) in [5.41, 5.74) is 0.183. The molecule has 0 aromatic heterocycles. The van der Waals surface area contributed by atoms with Gasteiger partial charge in [0.15, 0.2) is 0 Å². The van der Waals surface area contributed by atoms with Crippen LogP contribution in [0.3, 0.4) is 0 Å². The van der Waals surface area contributed by atoms with E-state index in [1.165, 1.54) is 46.8 Å². The summed E-state index contributed by atoms with van der Waals surface area (Å²) >= 11 is 5.85. The van der Waals surface area contributed by atoms with Gasteiger partial charge < -0.3 is 0 Å². The van der Waals surface area contributed by atoms with Crippen LogP contribution in [0, 0.1) is 0 Å². The van der Waals surface area contributed by atoms with Crippen molar-refractivity contribution in [3.8, 4) is 0 Å². The van der Waals surface area contributed by atoms with Crippen LogP contribution >= 0.6 is 11.6 Å². The summed E-state index contributed by atoms with van der Waals surface area (Å²) < 4.78 is 54.3. The fraction of sp³-hybridized carbons (Fsp3) is 0.294. The van der Waals surface area contributed by atoms with E-state index >= 15 is 0 Å². The summed E-state index contributed by atoms with van der Waals surface area (Å²) in [6.45, 7) is 0.974. The molecule has 0 atom stereocenters. The molecule has 0 saturated carbocycles. The fourth-order valence-electron chi connectivity index (χ4n) is 2.82. The van der Waals surface area contributed by atoms with Gasteiger partial charge in [0.2, 0.25) is 10.0 Å². The molecular formula is C17H19ClN2O4S2. The van der Waals surface area contributed by atoms with Crippen LogP contribution in [0.5, 0.6) is 0 Å². The van der Waals surface area contributed by atoms with Gasteiger partial charge in [-0.1, -0.05) is 30.2 Å². The lowest BCUT2D eigenvalue weighted by atomic mass is 10.2. The van der Waals surface area contributed by atoms with Gasteiger partial charge in [0.1, 0.15) is 0 Å². The molecule has 0 aliphatic carbocycles. The first-order valence-corrected chi connectivity index (χ1v) is 11.5. The molecule has 2 aromatic carbocycles. The number of nitrogens with zero attached hydrogens (tertiary/aromatic N) is 1. The molecular weight excluding hydrogens is 396 g/mol. The molecule has 140 valence electrons. The normalized spacial score (nSPS) is 16.3. The summed E-state index contributed by atoms with van der Waals surface area (Å²) in [5, 5.41) is 0.300. The third kappa shape index (κ3) is 4.20. The predicted octanol–water partition coefficient (Wildman–Crippen LogP) is 3.32. The zero-order valence-corrected chi connectivity index (χ0v) is 16.3. The van der Waals surface area contributed by atoms with Crippen LogP contribution in [0.15, 0.2) is 58.3 Å². The van der Waals surface area contributed by atoms with E-state index in [0.29, 0.717) is 18.1 Å². The molecule has 0 bridgehead atoms. The van der Waals surface area contributed by atoms with Crippen molar-refractivity contribution in [1.29, 1.82) is 0 Å². The lowest BCUT2D eigenvalue weighted by Crippen LogP contribution is -2.35. The highest BCUT2D eigenvalue weighted by Gasteiger charge is 2.26. The third-order valence-electron chi connectivity index (χ3n) is 4.15. The summed E-state index contributed by atoms with van der Waals surface area (Å²) in [6, 6.07) is 11.7. The molecule has 1 saturated heterocycles. The van der Waals surface area contributed by atoms with Gasteiger partial charge in [0.25, 0.3) is 10.0 Å². The Labute approximate surface area is 158 Å². The number of rotatable bonds is 5. The van der Waals surface area contributed by atoms with Crippen molar-refractivity contribution < 1.29 is 16.8 Å². The maximum atomic E-state index is 12.8. The van der Waals surface area contributed by atoms with Gasteiger partial charge in [-0.25, -0.2) is 16.8 Å². The minimum atomic E-state index is -3.87. The van der Waals surface area contributed by atoms with Crippen LogP contribution in [0.2, 0.25) is 5.02 Å². The quantitative estimate of drug-likeness (QED) is 0.813. The van der Waals surface area contributed by atoms with E-state index in [9.17, 15) is 16.8 Å². The standard InChI is InChI=1S/C17H19ClN2O4S2/c18-14-6-4-8-16(12-14)25(21,22)19-15-7-5-9-17(13-15)26(23,24)20-10-2-1-3-11-20/h4-9,12-13,19H,1-3,10-11H2. The molecule has 0 radical (unpaired) electrons. The number of benzene rings is 2. The van der Waals surface area contributed by atoms with Crippen molar-refractivity contribution in [3.05, 3.63) is 53.6 Å². The zero-order valence-electron chi connectivity index (χ0n) is 13.9. The van der Waals surface area contributed by atoms with E-state index in [1.54, 1.807) is 6.07 Å². The second-order valence-electron chi connectivity index (χ2n) is 6.06. The van der Waals surface area contributed by atoms with Crippen LogP contribution in [-0.4, -0.2) is 34.2 Å². The van der Waals surface area contributed by atoms with Gasteiger partial charge in [-0.3, -0.25) is 4.72 Å². The van der Waals surface area contributed by atoms with E-state index in [4.69, 9.17) is 11.6 Å². The summed E-state index contributed by atoms with van der Waals surface area (Å²) in [5.74, 6) is 0. The molecule has 6 nitrogen and oxygen atoms in total. The molecule has 0 spiro atoms. The van der Waals surface area contributed by atoms with Crippen molar-refractivity contribution >= 4 is 37.3 Å². The Morgan fingerprint density at radius 3 is 2.19 bits per heavy atom. The average Bonchev–Trinajstić information content (AvgIpc) is 2.62. The first-order valence-electron chi connectivity index (χ1n) is 8.18. The van der Waals surface area contributed by atoms with Crippen LogP contribution in [-0.2, 0) is 20.0 Å². The molecule has 1 fully saturated rings. The highest BCUT2D eigenvalue weighted by molar-refractivity contribution is 7.92.